The number of benzene rings is 2. The van der Waals surface area contributed by atoms with Gasteiger partial charge in [-0.05, 0) is 55.7 Å². The molecule has 1 aromatic heterocycles. The van der Waals surface area contributed by atoms with Gasteiger partial charge in [-0.25, -0.2) is 13.5 Å². The molecule has 1 heterocycles. The summed E-state index contributed by atoms with van der Waals surface area (Å²) in [6, 6.07) is 7.82. The molecule has 7 heteroatoms. The number of nitrogens with one attached hydrogen (secondary N) is 1. The Morgan fingerprint density at radius 3 is 2.39 bits per heavy atom. The zero-order valence-electron chi connectivity index (χ0n) is 15.9. The van der Waals surface area contributed by atoms with E-state index in [0.29, 0.717) is 33.6 Å². The average molecular weight is 391 g/mol. The van der Waals surface area contributed by atoms with Gasteiger partial charge in [0.05, 0.1) is 5.69 Å². The van der Waals surface area contributed by atoms with Crippen molar-refractivity contribution >= 4 is 5.69 Å². The van der Waals surface area contributed by atoms with Crippen LogP contribution in [-0.2, 0) is 13.0 Å². The first-order valence-electron chi connectivity index (χ1n) is 8.95. The number of halogens is 4. The summed E-state index contributed by atoms with van der Waals surface area (Å²) in [5.41, 5.74) is 3.58. The number of hydrogen-bond donors (Lipinski definition) is 1. The van der Waals surface area contributed by atoms with Gasteiger partial charge in [-0.2, -0.15) is 13.9 Å². The van der Waals surface area contributed by atoms with Crippen LogP contribution in [0.3, 0.4) is 0 Å². The topological polar surface area (TPSA) is 29.9 Å². The van der Waals surface area contributed by atoms with Crippen molar-refractivity contribution in [3.05, 3.63) is 70.5 Å². The highest BCUT2D eigenvalue weighted by Crippen LogP contribution is 2.29. The molecule has 0 aliphatic heterocycles. The molecule has 0 spiro atoms. The lowest BCUT2D eigenvalue weighted by Gasteiger charge is -2.13. The van der Waals surface area contributed by atoms with E-state index in [0.717, 1.165) is 17.3 Å². The van der Waals surface area contributed by atoms with Crippen molar-refractivity contribution in [3.8, 4) is 11.1 Å². The monoisotopic (exact) mass is 391 g/mol. The van der Waals surface area contributed by atoms with Crippen molar-refractivity contribution in [1.29, 1.82) is 0 Å². The van der Waals surface area contributed by atoms with E-state index in [1.165, 1.54) is 18.2 Å². The fourth-order valence-electron chi connectivity index (χ4n) is 3.24. The number of rotatable bonds is 6. The third-order valence-electron chi connectivity index (χ3n) is 4.66. The molecule has 0 bridgehead atoms. The Morgan fingerprint density at radius 2 is 1.79 bits per heavy atom. The Kier molecular flexibility index (Phi) is 5.72. The van der Waals surface area contributed by atoms with Gasteiger partial charge < -0.3 is 5.32 Å². The molecule has 0 amide bonds. The van der Waals surface area contributed by atoms with E-state index < -0.39 is 12.4 Å². The number of alkyl halides is 2. The first-order chi connectivity index (χ1) is 13.3. The number of aryl methyl sites for hydroxylation is 3. The predicted molar refractivity (Wildman–Crippen MR) is 101 cm³/mol. The minimum Gasteiger partial charge on any atom is -0.381 e. The lowest BCUT2D eigenvalue weighted by atomic mass is 10.0. The van der Waals surface area contributed by atoms with Crippen molar-refractivity contribution in [3.63, 3.8) is 0 Å². The number of anilines is 1. The van der Waals surface area contributed by atoms with Crippen LogP contribution in [0.4, 0.5) is 23.2 Å². The first kappa shape index (κ1) is 19.9. The first-order valence-corrected chi connectivity index (χ1v) is 8.95. The molecule has 0 aliphatic rings. The summed E-state index contributed by atoms with van der Waals surface area (Å²) in [5.74, 6) is -0.863. The van der Waals surface area contributed by atoms with Crippen LogP contribution in [0, 0.1) is 25.5 Å². The van der Waals surface area contributed by atoms with E-state index in [9.17, 15) is 17.6 Å². The summed E-state index contributed by atoms with van der Waals surface area (Å²) in [6.45, 7) is 2.77. The van der Waals surface area contributed by atoms with E-state index in [2.05, 4.69) is 10.4 Å². The molecule has 148 valence electrons. The highest BCUT2D eigenvalue weighted by Gasteiger charge is 2.16. The van der Waals surface area contributed by atoms with Crippen LogP contribution < -0.4 is 5.32 Å². The molecule has 3 aromatic rings. The minimum absolute atomic E-state index is 0.186. The molecule has 0 atom stereocenters. The Balaban J connectivity index is 1.82. The second kappa shape index (κ2) is 8.04. The second-order valence-corrected chi connectivity index (χ2v) is 6.67. The predicted octanol–water partition coefficient (Wildman–Crippen LogP) is 6.01. The van der Waals surface area contributed by atoms with Gasteiger partial charge in [0, 0.05) is 35.1 Å². The van der Waals surface area contributed by atoms with E-state index in [1.807, 2.05) is 19.9 Å². The van der Waals surface area contributed by atoms with Crippen molar-refractivity contribution in [1.82, 2.24) is 9.78 Å². The zero-order valence-corrected chi connectivity index (χ0v) is 15.9. The molecule has 0 unspecified atom stereocenters. The van der Waals surface area contributed by atoms with Crippen molar-refractivity contribution in [2.75, 3.05) is 5.32 Å². The maximum Gasteiger partial charge on any atom is 0.333 e. The molecule has 1 N–H and O–H groups in total. The lowest BCUT2D eigenvalue weighted by Crippen LogP contribution is -2.06. The maximum atomic E-state index is 14.6. The van der Waals surface area contributed by atoms with Gasteiger partial charge in [-0.1, -0.05) is 13.0 Å². The maximum absolute atomic E-state index is 14.6. The van der Waals surface area contributed by atoms with Crippen LogP contribution >= 0.6 is 0 Å². The van der Waals surface area contributed by atoms with Crippen LogP contribution in [0.1, 0.15) is 35.9 Å². The van der Waals surface area contributed by atoms with Gasteiger partial charge in [-0.15, -0.1) is 0 Å². The number of aromatic nitrogens is 2. The van der Waals surface area contributed by atoms with E-state index in [1.54, 1.807) is 13.0 Å². The molecule has 0 saturated heterocycles. The molecule has 0 aliphatic carbocycles. The zero-order chi connectivity index (χ0) is 20.4. The molecule has 0 saturated carbocycles. The van der Waals surface area contributed by atoms with E-state index in [-0.39, 0.29) is 17.9 Å². The summed E-state index contributed by atoms with van der Waals surface area (Å²) in [5, 5.41) is 6.74. The number of hydrogen-bond acceptors (Lipinski definition) is 2. The summed E-state index contributed by atoms with van der Waals surface area (Å²) in [7, 11) is 0. The van der Waals surface area contributed by atoms with Crippen LogP contribution in [0.25, 0.3) is 11.1 Å². The summed E-state index contributed by atoms with van der Waals surface area (Å²) in [4.78, 5) is 0. The second-order valence-electron chi connectivity index (χ2n) is 6.67. The third-order valence-corrected chi connectivity index (χ3v) is 4.66. The van der Waals surface area contributed by atoms with Crippen molar-refractivity contribution in [2.24, 2.45) is 0 Å². The fourth-order valence-corrected chi connectivity index (χ4v) is 3.24. The van der Waals surface area contributed by atoms with Crippen LogP contribution in [0.5, 0.6) is 0 Å². The molecule has 3 rings (SSSR count). The summed E-state index contributed by atoms with van der Waals surface area (Å²) < 4.78 is 55.0. The molecule has 3 nitrogen and oxygen atoms in total. The Hall–Kier alpha value is -2.83. The van der Waals surface area contributed by atoms with Gasteiger partial charge in [0.15, 0.2) is 0 Å². The standard InChI is InChI=1S/C21H21F4N3/c1-4-14-7-12(2)8-19(22)17(14)10-26-15-5-6-16(20(23)9-15)18-11-28(21(24)25)27-13(18)3/h5-9,11,21,26H,4,10H2,1-3H3. The summed E-state index contributed by atoms with van der Waals surface area (Å²) >= 11 is 0. The molecular weight excluding hydrogens is 370 g/mol. The quantitative estimate of drug-likeness (QED) is 0.521. The van der Waals surface area contributed by atoms with E-state index in [4.69, 9.17) is 0 Å². The Bertz CT molecular complexity index is 996. The normalized spacial score (nSPS) is 11.3. The SMILES string of the molecule is CCc1cc(C)cc(F)c1CNc1ccc(-c2cn(C(F)F)nc2C)c(F)c1. The van der Waals surface area contributed by atoms with E-state index >= 15 is 0 Å². The molecule has 2 aromatic carbocycles. The minimum atomic E-state index is -2.78. The Morgan fingerprint density at radius 1 is 1.04 bits per heavy atom. The van der Waals surface area contributed by atoms with Crippen LogP contribution in [-0.4, -0.2) is 9.78 Å². The largest absolute Gasteiger partial charge is 0.381 e. The van der Waals surface area contributed by atoms with Gasteiger partial charge in [0.2, 0.25) is 0 Å². The van der Waals surface area contributed by atoms with Gasteiger partial charge >= 0.3 is 6.55 Å². The van der Waals surface area contributed by atoms with Gasteiger partial charge in [-0.3, -0.25) is 0 Å². The van der Waals surface area contributed by atoms with Gasteiger partial charge in [0.25, 0.3) is 0 Å². The molecule has 0 radical (unpaired) electrons. The highest BCUT2D eigenvalue weighted by molar-refractivity contribution is 5.68. The van der Waals surface area contributed by atoms with Gasteiger partial charge in [0.1, 0.15) is 11.6 Å². The van der Waals surface area contributed by atoms with Crippen molar-refractivity contribution < 1.29 is 17.6 Å². The molecule has 28 heavy (non-hydrogen) atoms. The van der Waals surface area contributed by atoms with Crippen LogP contribution in [0.2, 0.25) is 0 Å². The number of nitrogens with zero attached hydrogens (tertiary/aromatic N) is 2. The third kappa shape index (κ3) is 4.03. The average Bonchev–Trinajstić information content (AvgIpc) is 3.02. The fraction of sp³-hybridized carbons (Fsp3) is 0.286. The van der Waals surface area contributed by atoms with Crippen molar-refractivity contribution in [2.45, 2.75) is 40.3 Å². The Labute approximate surface area is 161 Å². The molecular formula is C21H21F4N3. The van der Waals surface area contributed by atoms with Crippen LogP contribution in [0.15, 0.2) is 36.5 Å². The molecule has 0 fully saturated rings. The lowest BCUT2D eigenvalue weighted by molar-refractivity contribution is 0.0563. The smallest absolute Gasteiger partial charge is 0.333 e. The highest BCUT2D eigenvalue weighted by atomic mass is 19.3. The summed E-state index contributed by atoms with van der Waals surface area (Å²) in [6.07, 6.45) is 1.82.